The fraction of sp³-hybridized carbons (Fsp3) is 0.167. The molecule has 176 valence electrons. The maximum Gasteiger partial charge on any atom is 0.338 e. The molecule has 1 aliphatic heterocycles. The number of esters is 1. The van der Waals surface area contributed by atoms with Crippen LogP contribution in [0.15, 0.2) is 71.6 Å². The lowest BCUT2D eigenvalue weighted by atomic mass is 10.0. The van der Waals surface area contributed by atoms with Gasteiger partial charge in [-0.05, 0) is 60.9 Å². The largest absolute Gasteiger partial charge is 0.452 e. The van der Waals surface area contributed by atoms with Crippen LogP contribution < -0.4 is 9.62 Å². The number of sulfonamides is 1. The topological polar surface area (TPSA) is 92.8 Å². The number of nitrogens with zero attached hydrogens (tertiary/aromatic N) is 1. The Hall–Kier alpha value is -3.07. The second kappa shape index (κ2) is 10.0. The number of aryl methyl sites for hydroxylation is 1. The van der Waals surface area contributed by atoms with E-state index in [4.69, 9.17) is 27.9 Å². The van der Waals surface area contributed by atoms with Gasteiger partial charge in [-0.2, -0.15) is 0 Å². The average molecular weight is 519 g/mol. The van der Waals surface area contributed by atoms with Crippen LogP contribution in [0.2, 0.25) is 10.0 Å². The molecular formula is C24H20Cl2N2O5S. The molecule has 1 N–H and O–H groups in total. The van der Waals surface area contributed by atoms with Gasteiger partial charge in [0.15, 0.2) is 6.61 Å². The van der Waals surface area contributed by atoms with Crippen LogP contribution in [-0.4, -0.2) is 33.4 Å². The number of ether oxygens (including phenoxy) is 1. The molecule has 3 aromatic rings. The minimum atomic E-state index is -3.89. The molecule has 0 spiro atoms. The van der Waals surface area contributed by atoms with Crippen molar-refractivity contribution in [2.75, 3.05) is 22.8 Å². The Morgan fingerprint density at radius 3 is 2.59 bits per heavy atom. The number of nitrogens with one attached hydrogen (secondary N) is 1. The molecule has 0 radical (unpaired) electrons. The molecule has 7 nitrogen and oxygen atoms in total. The lowest BCUT2D eigenvalue weighted by molar-refractivity contribution is -0.119. The molecule has 0 atom stereocenters. The van der Waals surface area contributed by atoms with Gasteiger partial charge in [0.25, 0.3) is 15.9 Å². The minimum Gasteiger partial charge on any atom is -0.452 e. The van der Waals surface area contributed by atoms with Crippen LogP contribution in [0, 0.1) is 0 Å². The van der Waals surface area contributed by atoms with E-state index in [2.05, 4.69) is 5.32 Å². The van der Waals surface area contributed by atoms with E-state index in [1.165, 1.54) is 40.7 Å². The number of amides is 1. The molecule has 0 aromatic heterocycles. The first kappa shape index (κ1) is 24.1. The summed E-state index contributed by atoms with van der Waals surface area (Å²) in [4.78, 5) is 24.6. The van der Waals surface area contributed by atoms with Gasteiger partial charge in [-0.25, -0.2) is 13.2 Å². The van der Waals surface area contributed by atoms with Crippen LogP contribution >= 0.6 is 23.2 Å². The van der Waals surface area contributed by atoms with Crippen molar-refractivity contribution in [3.63, 3.8) is 0 Å². The number of halogens is 2. The summed E-state index contributed by atoms with van der Waals surface area (Å²) in [6.07, 6.45) is 1.50. The van der Waals surface area contributed by atoms with Crippen molar-refractivity contribution < 1.29 is 22.7 Å². The highest BCUT2D eigenvalue weighted by atomic mass is 35.5. The maximum atomic E-state index is 13.3. The van der Waals surface area contributed by atoms with Crippen molar-refractivity contribution in [1.82, 2.24) is 0 Å². The van der Waals surface area contributed by atoms with Gasteiger partial charge in [0.05, 0.1) is 26.9 Å². The number of hydrogen-bond donors (Lipinski definition) is 1. The van der Waals surface area contributed by atoms with Crippen molar-refractivity contribution >= 4 is 56.5 Å². The molecule has 1 amide bonds. The third-order valence-electron chi connectivity index (χ3n) is 5.26. The molecule has 1 aliphatic rings. The normalized spacial score (nSPS) is 13.2. The average Bonchev–Trinajstić information content (AvgIpc) is 2.84. The summed E-state index contributed by atoms with van der Waals surface area (Å²) in [5.74, 6) is -1.43. The fourth-order valence-corrected chi connectivity index (χ4v) is 5.69. The van der Waals surface area contributed by atoms with E-state index in [0.29, 0.717) is 29.4 Å². The quantitative estimate of drug-likeness (QED) is 0.467. The Balaban J connectivity index is 1.46. The number of carbonyl (C=O) groups is 2. The third-order valence-corrected chi connectivity index (χ3v) is 7.62. The number of rotatable bonds is 6. The third kappa shape index (κ3) is 5.19. The van der Waals surface area contributed by atoms with Crippen LogP contribution in [-0.2, 0) is 26.0 Å². The van der Waals surface area contributed by atoms with Gasteiger partial charge < -0.3 is 10.1 Å². The van der Waals surface area contributed by atoms with Gasteiger partial charge in [0, 0.05) is 11.6 Å². The Morgan fingerprint density at radius 2 is 1.79 bits per heavy atom. The highest BCUT2D eigenvalue weighted by Crippen LogP contribution is 2.32. The molecule has 0 bridgehead atoms. The van der Waals surface area contributed by atoms with Crippen molar-refractivity contribution in [2.24, 2.45) is 0 Å². The van der Waals surface area contributed by atoms with Gasteiger partial charge in [-0.1, -0.05) is 47.5 Å². The fourth-order valence-electron chi connectivity index (χ4n) is 3.65. The van der Waals surface area contributed by atoms with Crippen LogP contribution in [0.3, 0.4) is 0 Å². The molecule has 1 heterocycles. The van der Waals surface area contributed by atoms with E-state index in [-0.39, 0.29) is 15.5 Å². The Kier molecular flexibility index (Phi) is 7.11. The van der Waals surface area contributed by atoms with Gasteiger partial charge in [-0.3, -0.25) is 9.10 Å². The van der Waals surface area contributed by atoms with Gasteiger partial charge in [-0.15, -0.1) is 0 Å². The molecule has 0 fully saturated rings. The lowest BCUT2D eigenvalue weighted by Gasteiger charge is -2.30. The van der Waals surface area contributed by atoms with Gasteiger partial charge in [0.1, 0.15) is 0 Å². The zero-order valence-electron chi connectivity index (χ0n) is 17.8. The second-order valence-corrected chi connectivity index (χ2v) is 10.3. The molecule has 0 aliphatic carbocycles. The molecule has 0 saturated carbocycles. The van der Waals surface area contributed by atoms with Crippen molar-refractivity contribution in [2.45, 2.75) is 17.7 Å². The highest BCUT2D eigenvalue weighted by Gasteiger charge is 2.29. The molecular weight excluding hydrogens is 499 g/mol. The summed E-state index contributed by atoms with van der Waals surface area (Å²) < 4.78 is 33.1. The zero-order valence-corrected chi connectivity index (χ0v) is 20.2. The summed E-state index contributed by atoms with van der Waals surface area (Å²) >= 11 is 11.9. The first-order valence-electron chi connectivity index (χ1n) is 10.4. The van der Waals surface area contributed by atoms with Gasteiger partial charge >= 0.3 is 5.97 Å². The zero-order chi connectivity index (χ0) is 24.3. The molecule has 0 saturated heterocycles. The Bertz CT molecular complexity index is 1360. The smallest absolute Gasteiger partial charge is 0.338 e. The van der Waals surface area contributed by atoms with Gasteiger partial charge in [0.2, 0.25) is 0 Å². The first-order chi connectivity index (χ1) is 16.3. The summed E-state index contributed by atoms with van der Waals surface area (Å²) in [6, 6.07) is 17.5. The van der Waals surface area contributed by atoms with Crippen LogP contribution in [0.4, 0.5) is 11.4 Å². The van der Waals surface area contributed by atoms with E-state index < -0.39 is 28.5 Å². The highest BCUT2D eigenvalue weighted by molar-refractivity contribution is 7.92. The monoisotopic (exact) mass is 518 g/mol. The molecule has 34 heavy (non-hydrogen) atoms. The molecule has 10 heteroatoms. The lowest BCUT2D eigenvalue weighted by Crippen LogP contribution is -2.35. The first-order valence-corrected chi connectivity index (χ1v) is 12.6. The molecule has 4 rings (SSSR count). The standard InChI is InChI=1S/C24H20Cl2N2O5S/c25-18-10-11-21(20(26)14-18)27-23(29)15-33-24(30)17-6-3-8-19(13-17)34(31,32)28-12-4-7-16-5-1-2-9-22(16)28/h1-3,5-6,8-11,13-14H,4,7,12,15H2,(H,27,29). The summed E-state index contributed by atoms with van der Waals surface area (Å²) in [7, 11) is -3.89. The second-order valence-electron chi connectivity index (χ2n) is 7.59. The maximum absolute atomic E-state index is 13.3. The van der Waals surface area contributed by atoms with E-state index in [9.17, 15) is 18.0 Å². The SMILES string of the molecule is O=C(COC(=O)c1cccc(S(=O)(=O)N2CCCc3ccccc32)c1)Nc1ccc(Cl)cc1Cl. The van der Waals surface area contributed by atoms with E-state index in [0.717, 1.165) is 12.0 Å². The number of carbonyl (C=O) groups excluding carboxylic acids is 2. The van der Waals surface area contributed by atoms with E-state index >= 15 is 0 Å². The van der Waals surface area contributed by atoms with Crippen LogP contribution in [0.1, 0.15) is 22.3 Å². The summed E-state index contributed by atoms with van der Waals surface area (Å²) in [6.45, 7) is -0.226. The Morgan fingerprint density at radius 1 is 1.00 bits per heavy atom. The summed E-state index contributed by atoms with van der Waals surface area (Å²) in [5, 5.41) is 3.18. The predicted octanol–water partition coefficient (Wildman–Crippen LogP) is 4.93. The molecule has 3 aromatic carbocycles. The van der Waals surface area contributed by atoms with Crippen molar-refractivity contribution in [1.29, 1.82) is 0 Å². The van der Waals surface area contributed by atoms with Crippen LogP contribution in [0.5, 0.6) is 0 Å². The number of hydrogen-bond acceptors (Lipinski definition) is 5. The number of para-hydroxylation sites is 1. The predicted molar refractivity (Wildman–Crippen MR) is 131 cm³/mol. The summed E-state index contributed by atoms with van der Waals surface area (Å²) in [5.41, 5.74) is 1.93. The molecule has 0 unspecified atom stereocenters. The number of fused-ring (bicyclic) bond motifs is 1. The number of anilines is 2. The Labute approximate surface area is 207 Å². The van der Waals surface area contributed by atoms with E-state index in [1.54, 1.807) is 18.2 Å². The minimum absolute atomic E-state index is 0.0173. The van der Waals surface area contributed by atoms with Crippen LogP contribution in [0.25, 0.3) is 0 Å². The van der Waals surface area contributed by atoms with Crippen molar-refractivity contribution in [3.05, 3.63) is 87.9 Å². The number of benzene rings is 3. The van der Waals surface area contributed by atoms with E-state index in [1.807, 2.05) is 12.1 Å². The van der Waals surface area contributed by atoms with Crippen molar-refractivity contribution in [3.8, 4) is 0 Å².